The number of anilines is 1. The maximum absolute atomic E-state index is 11.5. The van der Waals surface area contributed by atoms with Crippen molar-refractivity contribution in [2.24, 2.45) is 0 Å². The van der Waals surface area contributed by atoms with Gasteiger partial charge in [-0.15, -0.1) is 0 Å². The molecule has 2 heterocycles. The first-order valence-corrected chi connectivity index (χ1v) is 4.70. The van der Waals surface area contributed by atoms with E-state index in [1.807, 2.05) is 6.92 Å². The summed E-state index contributed by atoms with van der Waals surface area (Å²) in [5.41, 5.74) is 0.924. The minimum Gasteiger partial charge on any atom is -0.368 e. The molecular formula is C9H13N3O2. The largest absolute Gasteiger partial charge is 0.368 e. The molecule has 76 valence electrons. The molecule has 1 amide bonds. The number of carbonyl (C=O) groups excluding carboxylic acids is 1. The van der Waals surface area contributed by atoms with Crippen molar-refractivity contribution in [2.45, 2.75) is 25.9 Å². The van der Waals surface area contributed by atoms with E-state index < -0.39 is 0 Å². The molecule has 1 aliphatic rings. The molecule has 0 bridgehead atoms. The second-order valence-electron chi connectivity index (χ2n) is 3.43. The molecule has 1 atom stereocenters. The molecule has 1 aromatic rings. The van der Waals surface area contributed by atoms with Gasteiger partial charge in [-0.25, -0.2) is 0 Å². The summed E-state index contributed by atoms with van der Waals surface area (Å²) in [4.78, 5) is 11.5. The lowest BCUT2D eigenvalue weighted by atomic mass is 10.2. The van der Waals surface area contributed by atoms with Gasteiger partial charge in [0.2, 0.25) is 0 Å². The summed E-state index contributed by atoms with van der Waals surface area (Å²) in [6.45, 7) is 2.56. The number of amides is 1. The minimum absolute atomic E-state index is 0.103. The van der Waals surface area contributed by atoms with E-state index in [1.165, 1.54) is 0 Å². The van der Waals surface area contributed by atoms with Gasteiger partial charge in [0.15, 0.2) is 5.82 Å². The van der Waals surface area contributed by atoms with Crippen LogP contribution in [0, 0.1) is 6.92 Å². The van der Waals surface area contributed by atoms with E-state index in [2.05, 4.69) is 15.5 Å². The van der Waals surface area contributed by atoms with Gasteiger partial charge < -0.3 is 10.1 Å². The lowest BCUT2D eigenvalue weighted by Crippen LogP contribution is -2.26. The number of H-pyrrole nitrogens is 1. The van der Waals surface area contributed by atoms with Crippen LogP contribution in [0.4, 0.5) is 5.82 Å². The molecule has 1 aliphatic heterocycles. The zero-order valence-corrected chi connectivity index (χ0v) is 8.04. The maximum Gasteiger partial charge on any atom is 0.254 e. The number of aromatic nitrogens is 2. The van der Waals surface area contributed by atoms with Crippen LogP contribution in [0.3, 0.4) is 0 Å². The molecule has 1 aromatic heterocycles. The highest BCUT2D eigenvalue weighted by Crippen LogP contribution is 2.14. The average molecular weight is 195 g/mol. The van der Waals surface area contributed by atoms with Gasteiger partial charge in [0.25, 0.3) is 5.91 Å². The van der Waals surface area contributed by atoms with Crippen molar-refractivity contribution in [1.82, 2.24) is 10.2 Å². The fourth-order valence-corrected chi connectivity index (χ4v) is 1.47. The first-order chi connectivity index (χ1) is 6.75. The SMILES string of the molecule is Cc1cc(NC(=O)C2CCCO2)n[nH]1. The number of carbonyl (C=O) groups is 1. The zero-order chi connectivity index (χ0) is 9.97. The Hall–Kier alpha value is -1.36. The first-order valence-electron chi connectivity index (χ1n) is 4.70. The fourth-order valence-electron chi connectivity index (χ4n) is 1.47. The van der Waals surface area contributed by atoms with E-state index in [0.29, 0.717) is 12.4 Å². The number of ether oxygens (including phenoxy) is 1. The number of hydrogen-bond acceptors (Lipinski definition) is 3. The average Bonchev–Trinajstić information content (AvgIpc) is 2.75. The number of aryl methyl sites for hydroxylation is 1. The number of rotatable bonds is 2. The Labute approximate surface area is 81.8 Å². The van der Waals surface area contributed by atoms with Crippen LogP contribution in [0.1, 0.15) is 18.5 Å². The zero-order valence-electron chi connectivity index (χ0n) is 8.04. The summed E-state index contributed by atoms with van der Waals surface area (Å²) in [5, 5.41) is 9.37. The third-order valence-corrected chi connectivity index (χ3v) is 2.18. The molecular weight excluding hydrogens is 182 g/mol. The van der Waals surface area contributed by atoms with Crippen LogP contribution < -0.4 is 5.32 Å². The van der Waals surface area contributed by atoms with E-state index in [0.717, 1.165) is 18.5 Å². The molecule has 14 heavy (non-hydrogen) atoms. The summed E-state index contributed by atoms with van der Waals surface area (Å²) in [6.07, 6.45) is 1.46. The van der Waals surface area contributed by atoms with Gasteiger partial charge in [-0.3, -0.25) is 9.89 Å². The summed E-state index contributed by atoms with van der Waals surface area (Å²) in [5.74, 6) is 0.456. The molecule has 0 spiro atoms. The number of hydrogen-bond donors (Lipinski definition) is 2. The third-order valence-electron chi connectivity index (χ3n) is 2.18. The smallest absolute Gasteiger partial charge is 0.254 e. The predicted molar refractivity (Wildman–Crippen MR) is 50.9 cm³/mol. The lowest BCUT2D eigenvalue weighted by Gasteiger charge is -2.07. The van der Waals surface area contributed by atoms with Gasteiger partial charge in [-0.2, -0.15) is 5.10 Å². The normalized spacial score (nSPS) is 21.1. The molecule has 1 saturated heterocycles. The van der Waals surface area contributed by atoms with E-state index in [9.17, 15) is 4.79 Å². The van der Waals surface area contributed by atoms with E-state index in [-0.39, 0.29) is 12.0 Å². The lowest BCUT2D eigenvalue weighted by molar-refractivity contribution is -0.124. The van der Waals surface area contributed by atoms with Gasteiger partial charge in [0.1, 0.15) is 6.10 Å². The Morgan fingerprint density at radius 3 is 3.21 bits per heavy atom. The number of aromatic amines is 1. The van der Waals surface area contributed by atoms with E-state index in [4.69, 9.17) is 4.74 Å². The number of nitrogens with one attached hydrogen (secondary N) is 2. The van der Waals surface area contributed by atoms with Crippen molar-refractivity contribution in [2.75, 3.05) is 11.9 Å². The second kappa shape index (κ2) is 3.79. The van der Waals surface area contributed by atoms with Crippen molar-refractivity contribution in [3.8, 4) is 0 Å². The Morgan fingerprint density at radius 2 is 2.64 bits per heavy atom. The van der Waals surface area contributed by atoms with Crippen LogP contribution in [0.25, 0.3) is 0 Å². The molecule has 0 aliphatic carbocycles. The van der Waals surface area contributed by atoms with E-state index in [1.54, 1.807) is 6.07 Å². The quantitative estimate of drug-likeness (QED) is 0.734. The highest BCUT2D eigenvalue weighted by atomic mass is 16.5. The van der Waals surface area contributed by atoms with Gasteiger partial charge in [-0.05, 0) is 19.8 Å². The molecule has 1 unspecified atom stereocenters. The molecule has 0 saturated carbocycles. The highest BCUT2D eigenvalue weighted by Gasteiger charge is 2.23. The summed E-state index contributed by atoms with van der Waals surface area (Å²) >= 11 is 0. The Kier molecular flexibility index (Phi) is 2.49. The molecule has 5 nitrogen and oxygen atoms in total. The van der Waals surface area contributed by atoms with Crippen molar-refractivity contribution in [3.63, 3.8) is 0 Å². The first kappa shape index (κ1) is 9.21. The molecule has 0 radical (unpaired) electrons. The molecule has 1 fully saturated rings. The topological polar surface area (TPSA) is 67.0 Å². The Balaban J connectivity index is 1.93. The molecule has 2 N–H and O–H groups in total. The highest BCUT2D eigenvalue weighted by molar-refractivity contribution is 5.93. The van der Waals surface area contributed by atoms with Crippen LogP contribution in [-0.2, 0) is 9.53 Å². The van der Waals surface area contributed by atoms with Crippen LogP contribution in [0.5, 0.6) is 0 Å². The Morgan fingerprint density at radius 1 is 1.79 bits per heavy atom. The van der Waals surface area contributed by atoms with Crippen molar-refractivity contribution in [1.29, 1.82) is 0 Å². The Bertz CT molecular complexity index is 329. The predicted octanol–water partition coefficient (Wildman–Crippen LogP) is 0.836. The van der Waals surface area contributed by atoms with Crippen LogP contribution >= 0.6 is 0 Å². The van der Waals surface area contributed by atoms with Gasteiger partial charge in [0.05, 0.1) is 0 Å². The molecule has 0 aromatic carbocycles. The van der Waals surface area contributed by atoms with Gasteiger partial charge in [0, 0.05) is 18.4 Å². The molecule has 2 rings (SSSR count). The fraction of sp³-hybridized carbons (Fsp3) is 0.556. The van der Waals surface area contributed by atoms with E-state index >= 15 is 0 Å². The van der Waals surface area contributed by atoms with Crippen molar-refractivity contribution in [3.05, 3.63) is 11.8 Å². The maximum atomic E-state index is 11.5. The van der Waals surface area contributed by atoms with Crippen LogP contribution in [0.15, 0.2) is 6.07 Å². The van der Waals surface area contributed by atoms with Crippen molar-refractivity contribution >= 4 is 11.7 Å². The van der Waals surface area contributed by atoms with Crippen LogP contribution in [-0.4, -0.2) is 28.8 Å². The number of nitrogens with zero attached hydrogens (tertiary/aromatic N) is 1. The van der Waals surface area contributed by atoms with Gasteiger partial charge >= 0.3 is 0 Å². The van der Waals surface area contributed by atoms with Crippen LogP contribution in [0.2, 0.25) is 0 Å². The monoisotopic (exact) mass is 195 g/mol. The standard InChI is InChI=1S/C9H13N3O2/c1-6-5-8(12-11-6)10-9(13)7-3-2-4-14-7/h5,7H,2-4H2,1H3,(H2,10,11,12,13). The summed E-state index contributed by atoms with van der Waals surface area (Å²) in [7, 11) is 0. The molecule has 5 heteroatoms. The van der Waals surface area contributed by atoms with Crippen molar-refractivity contribution < 1.29 is 9.53 Å². The van der Waals surface area contributed by atoms with Gasteiger partial charge in [-0.1, -0.05) is 0 Å². The summed E-state index contributed by atoms with van der Waals surface area (Å²) < 4.78 is 5.24. The second-order valence-corrected chi connectivity index (χ2v) is 3.43. The minimum atomic E-state index is -0.299. The summed E-state index contributed by atoms with van der Waals surface area (Å²) in [6, 6.07) is 1.78. The third kappa shape index (κ3) is 1.93.